The van der Waals surface area contributed by atoms with Crippen molar-refractivity contribution in [2.75, 3.05) is 5.75 Å². The van der Waals surface area contributed by atoms with Crippen molar-refractivity contribution in [2.24, 2.45) is 0 Å². The standard InChI is InChI=1S/C8H11NO3S/c1-8-3-2-6(10)9(8)5(4-13-8)7(11)12/h5H,2-4H2,1H3,(H,11,12)/p-1/t5-,8-/m1/s1. The summed E-state index contributed by atoms with van der Waals surface area (Å²) in [6.07, 6.45) is 1.22. The first-order valence-corrected chi connectivity index (χ1v) is 5.20. The highest BCUT2D eigenvalue weighted by molar-refractivity contribution is 8.01. The lowest BCUT2D eigenvalue weighted by Crippen LogP contribution is -2.51. The molecule has 0 aliphatic carbocycles. The lowest BCUT2D eigenvalue weighted by molar-refractivity contribution is -0.310. The minimum atomic E-state index is -1.13. The molecule has 2 heterocycles. The second-order valence-electron chi connectivity index (χ2n) is 3.58. The molecule has 2 aliphatic heterocycles. The van der Waals surface area contributed by atoms with E-state index >= 15 is 0 Å². The van der Waals surface area contributed by atoms with E-state index in [2.05, 4.69) is 0 Å². The number of thioether (sulfide) groups is 1. The normalized spacial score (nSPS) is 38.1. The number of hydrogen-bond donors (Lipinski definition) is 0. The van der Waals surface area contributed by atoms with Gasteiger partial charge in [-0.2, -0.15) is 0 Å². The molecule has 0 radical (unpaired) electrons. The van der Waals surface area contributed by atoms with E-state index in [1.54, 1.807) is 0 Å². The van der Waals surface area contributed by atoms with E-state index in [1.807, 2.05) is 6.92 Å². The fourth-order valence-electron chi connectivity index (χ4n) is 2.00. The summed E-state index contributed by atoms with van der Waals surface area (Å²) < 4.78 is 0. The number of hydrogen-bond acceptors (Lipinski definition) is 4. The molecule has 2 rings (SSSR count). The van der Waals surface area contributed by atoms with Crippen LogP contribution in [-0.4, -0.2) is 33.4 Å². The predicted octanol–water partition coefficient (Wildman–Crippen LogP) is -0.810. The summed E-state index contributed by atoms with van der Waals surface area (Å²) in [4.78, 5) is 23.3. The number of fused-ring (bicyclic) bond motifs is 1. The van der Waals surface area contributed by atoms with E-state index in [4.69, 9.17) is 0 Å². The fraction of sp³-hybridized carbons (Fsp3) is 0.750. The average Bonchev–Trinajstić information content (AvgIpc) is 2.50. The molecule has 0 aromatic carbocycles. The van der Waals surface area contributed by atoms with Gasteiger partial charge < -0.3 is 14.8 Å². The highest BCUT2D eigenvalue weighted by Gasteiger charge is 2.50. The van der Waals surface area contributed by atoms with Gasteiger partial charge in [-0.15, -0.1) is 11.8 Å². The van der Waals surface area contributed by atoms with Crippen LogP contribution in [-0.2, 0) is 9.59 Å². The Morgan fingerprint density at radius 1 is 1.77 bits per heavy atom. The first kappa shape index (κ1) is 8.87. The topological polar surface area (TPSA) is 60.4 Å². The maximum Gasteiger partial charge on any atom is 0.224 e. The number of nitrogens with zero attached hydrogens (tertiary/aromatic N) is 1. The molecule has 1 amide bonds. The second-order valence-corrected chi connectivity index (χ2v) is 5.09. The number of carbonyl (C=O) groups excluding carboxylic acids is 2. The van der Waals surface area contributed by atoms with Crippen LogP contribution in [0.1, 0.15) is 19.8 Å². The first-order valence-electron chi connectivity index (χ1n) is 4.21. The van der Waals surface area contributed by atoms with Crippen LogP contribution < -0.4 is 5.11 Å². The number of amides is 1. The summed E-state index contributed by atoms with van der Waals surface area (Å²) in [5, 5.41) is 10.7. The third-order valence-electron chi connectivity index (χ3n) is 2.72. The first-order chi connectivity index (χ1) is 6.04. The average molecular weight is 200 g/mol. The monoisotopic (exact) mass is 200 g/mol. The van der Waals surface area contributed by atoms with Crippen molar-refractivity contribution < 1.29 is 14.7 Å². The fourth-order valence-corrected chi connectivity index (χ4v) is 3.41. The zero-order chi connectivity index (χ0) is 9.64. The Balaban J connectivity index is 2.29. The Morgan fingerprint density at radius 3 is 3.08 bits per heavy atom. The molecule has 5 heteroatoms. The van der Waals surface area contributed by atoms with Crippen LogP contribution in [0.15, 0.2) is 0 Å². The molecular weight excluding hydrogens is 190 g/mol. The highest BCUT2D eigenvalue weighted by Crippen LogP contribution is 2.46. The van der Waals surface area contributed by atoms with E-state index in [9.17, 15) is 14.7 Å². The van der Waals surface area contributed by atoms with Crippen molar-refractivity contribution in [3.05, 3.63) is 0 Å². The van der Waals surface area contributed by atoms with E-state index in [0.717, 1.165) is 6.42 Å². The molecule has 72 valence electrons. The zero-order valence-electron chi connectivity index (χ0n) is 7.28. The maximum absolute atomic E-state index is 11.4. The van der Waals surface area contributed by atoms with Crippen molar-refractivity contribution >= 4 is 23.6 Å². The zero-order valence-corrected chi connectivity index (χ0v) is 8.10. The van der Waals surface area contributed by atoms with Crippen molar-refractivity contribution in [2.45, 2.75) is 30.7 Å². The van der Waals surface area contributed by atoms with Gasteiger partial charge in [0.15, 0.2) is 0 Å². The number of carboxylic acid groups (broad SMARTS) is 1. The van der Waals surface area contributed by atoms with E-state index < -0.39 is 12.0 Å². The Bertz CT molecular complexity index is 281. The third kappa shape index (κ3) is 1.14. The molecule has 2 saturated heterocycles. The van der Waals surface area contributed by atoms with Crippen molar-refractivity contribution in [3.8, 4) is 0 Å². The number of carbonyl (C=O) groups is 2. The van der Waals surface area contributed by atoms with E-state index in [1.165, 1.54) is 16.7 Å². The van der Waals surface area contributed by atoms with Gasteiger partial charge in [0.25, 0.3) is 0 Å². The Labute approximate surface area is 80.3 Å². The van der Waals surface area contributed by atoms with Gasteiger partial charge >= 0.3 is 0 Å². The Morgan fingerprint density at radius 2 is 2.46 bits per heavy atom. The summed E-state index contributed by atoms with van der Waals surface area (Å²) in [6.45, 7) is 1.92. The van der Waals surface area contributed by atoms with Crippen LogP contribution in [0, 0.1) is 0 Å². The van der Waals surface area contributed by atoms with Gasteiger partial charge in [-0.1, -0.05) is 0 Å². The highest BCUT2D eigenvalue weighted by atomic mass is 32.2. The largest absolute Gasteiger partial charge is 0.548 e. The number of aliphatic carboxylic acids is 1. The number of carboxylic acids is 1. The van der Waals surface area contributed by atoms with Gasteiger partial charge in [0.05, 0.1) is 16.9 Å². The second kappa shape index (κ2) is 2.64. The molecule has 0 bridgehead atoms. The van der Waals surface area contributed by atoms with Gasteiger partial charge in [0.1, 0.15) is 0 Å². The molecular formula is C8H10NO3S-. The molecule has 0 N–H and O–H groups in total. The van der Waals surface area contributed by atoms with Crippen molar-refractivity contribution in [3.63, 3.8) is 0 Å². The molecule has 0 spiro atoms. The minimum absolute atomic E-state index is 0.0540. The molecule has 0 unspecified atom stereocenters. The van der Waals surface area contributed by atoms with Crippen LogP contribution in [0.4, 0.5) is 0 Å². The molecule has 13 heavy (non-hydrogen) atoms. The molecule has 2 atom stereocenters. The van der Waals surface area contributed by atoms with Crippen LogP contribution in [0.3, 0.4) is 0 Å². The predicted molar refractivity (Wildman–Crippen MR) is 45.7 cm³/mol. The van der Waals surface area contributed by atoms with Crippen molar-refractivity contribution in [1.82, 2.24) is 4.90 Å². The molecule has 2 fully saturated rings. The Hall–Kier alpha value is -0.710. The van der Waals surface area contributed by atoms with Gasteiger partial charge in [-0.05, 0) is 13.3 Å². The molecule has 2 aliphatic rings. The van der Waals surface area contributed by atoms with Crippen LogP contribution >= 0.6 is 11.8 Å². The quantitative estimate of drug-likeness (QED) is 0.555. The van der Waals surface area contributed by atoms with E-state index in [-0.39, 0.29) is 10.8 Å². The smallest absolute Gasteiger partial charge is 0.224 e. The van der Waals surface area contributed by atoms with Gasteiger partial charge in [0.2, 0.25) is 5.91 Å². The Kier molecular flexibility index (Phi) is 1.80. The summed E-state index contributed by atoms with van der Waals surface area (Å²) in [7, 11) is 0. The summed E-state index contributed by atoms with van der Waals surface area (Å²) >= 11 is 1.54. The molecule has 0 aromatic rings. The molecule has 0 aromatic heterocycles. The maximum atomic E-state index is 11.4. The van der Waals surface area contributed by atoms with E-state index in [0.29, 0.717) is 12.2 Å². The van der Waals surface area contributed by atoms with Crippen LogP contribution in [0.5, 0.6) is 0 Å². The lowest BCUT2D eigenvalue weighted by atomic mass is 10.2. The molecule has 0 saturated carbocycles. The summed E-state index contributed by atoms with van der Waals surface area (Å²) in [5.74, 6) is -0.724. The minimum Gasteiger partial charge on any atom is -0.548 e. The molecule has 4 nitrogen and oxygen atoms in total. The lowest BCUT2D eigenvalue weighted by Gasteiger charge is -2.30. The van der Waals surface area contributed by atoms with Gasteiger partial charge in [-0.25, -0.2) is 0 Å². The summed E-state index contributed by atoms with van der Waals surface area (Å²) in [6, 6.07) is -0.718. The SMILES string of the molecule is C[C@@]12CCC(=O)N1[C@@H](C(=O)[O-])CS2. The summed E-state index contributed by atoms with van der Waals surface area (Å²) in [5.41, 5.74) is 0. The van der Waals surface area contributed by atoms with Crippen molar-refractivity contribution in [1.29, 1.82) is 0 Å². The van der Waals surface area contributed by atoms with Gasteiger partial charge in [-0.3, -0.25) is 4.79 Å². The van der Waals surface area contributed by atoms with Gasteiger partial charge in [0, 0.05) is 12.2 Å². The number of rotatable bonds is 1. The van der Waals surface area contributed by atoms with Crippen LogP contribution in [0.25, 0.3) is 0 Å². The third-order valence-corrected chi connectivity index (χ3v) is 4.22. The van der Waals surface area contributed by atoms with Crippen LogP contribution in [0.2, 0.25) is 0 Å².